The van der Waals surface area contributed by atoms with Crippen LogP contribution in [0.3, 0.4) is 0 Å². The van der Waals surface area contributed by atoms with Gasteiger partial charge in [0.2, 0.25) is 29.5 Å². The lowest BCUT2D eigenvalue weighted by Gasteiger charge is -2.21. The van der Waals surface area contributed by atoms with E-state index in [0.717, 1.165) is 0 Å². The van der Waals surface area contributed by atoms with E-state index in [1.807, 2.05) is 5.32 Å². The number of aliphatic hydroxyl groups is 2. The molecule has 0 radical (unpaired) electrons. The maximum Gasteiger partial charge on any atom is 0.328 e. The molecule has 0 aliphatic heterocycles. The van der Waals surface area contributed by atoms with Crippen LogP contribution in [0.15, 0.2) is 0 Å². The molecule has 18 heteroatoms. The summed E-state index contributed by atoms with van der Waals surface area (Å²) in [6.45, 7) is -2.67. The highest BCUT2D eigenvalue weighted by Crippen LogP contribution is 2.02. The van der Waals surface area contributed by atoms with E-state index >= 15 is 0 Å². The first-order valence-corrected chi connectivity index (χ1v) is 11.4. The third-order valence-corrected chi connectivity index (χ3v) is 4.81. The molecule has 0 heterocycles. The van der Waals surface area contributed by atoms with Crippen molar-refractivity contribution in [2.24, 2.45) is 11.5 Å². The maximum absolute atomic E-state index is 12.4. The van der Waals surface area contributed by atoms with Gasteiger partial charge in [-0.3, -0.25) is 28.8 Å². The second-order valence-electron chi connectivity index (χ2n) is 7.93. The molecule has 0 aliphatic carbocycles. The molecule has 216 valence electrons. The van der Waals surface area contributed by atoms with Gasteiger partial charge in [0.1, 0.15) is 24.2 Å². The Hall–Kier alpha value is -3.87. The molecule has 18 nitrogen and oxygen atoms in total. The molecule has 0 spiro atoms. The monoisotopic (exact) mass is 549 g/mol. The fourth-order valence-corrected chi connectivity index (χ4v) is 2.74. The van der Waals surface area contributed by atoms with Crippen molar-refractivity contribution in [3.8, 4) is 0 Å². The molecule has 0 bridgehead atoms. The molecule has 4 atom stereocenters. The van der Waals surface area contributed by atoms with Crippen LogP contribution in [-0.2, 0) is 33.6 Å². The summed E-state index contributed by atoms with van der Waals surface area (Å²) in [5, 5.41) is 46.5. The predicted molar refractivity (Wildman–Crippen MR) is 127 cm³/mol. The summed E-state index contributed by atoms with van der Waals surface area (Å²) in [5.41, 5.74) is 10.7. The second-order valence-corrected chi connectivity index (χ2v) is 7.93. The van der Waals surface area contributed by atoms with E-state index in [9.17, 15) is 33.6 Å². The van der Waals surface area contributed by atoms with Gasteiger partial charge in [-0.1, -0.05) is 0 Å². The molecular weight excluding hydrogens is 514 g/mol. The standard InChI is InChI=1S/C20H35N7O11/c21-4-2-1-3-11(19(36)27-13(9-29)20(37)38)25-15(31)7-23-14(30)6-24-18(35)12(5-16(32)33)26-17(34)10(22)8-28/h10-13,28-29H,1-9,21-22H2,(H,23,30)(H,24,35)(H,25,31)(H,26,34)(H,27,36)(H,32,33)(H,37,38)/t10-,11-,12-,13-/m0/s1. The molecule has 13 N–H and O–H groups in total. The number of rotatable bonds is 19. The van der Waals surface area contributed by atoms with Crippen LogP contribution in [0.4, 0.5) is 0 Å². The summed E-state index contributed by atoms with van der Waals surface area (Å²) in [5.74, 6) is -7.54. The van der Waals surface area contributed by atoms with Crippen LogP contribution in [0.1, 0.15) is 25.7 Å². The van der Waals surface area contributed by atoms with E-state index in [1.54, 1.807) is 0 Å². The van der Waals surface area contributed by atoms with Gasteiger partial charge in [-0.05, 0) is 25.8 Å². The molecular formula is C20H35N7O11. The van der Waals surface area contributed by atoms with E-state index in [1.165, 1.54) is 0 Å². The minimum absolute atomic E-state index is 0.0904. The van der Waals surface area contributed by atoms with Gasteiger partial charge in [0.15, 0.2) is 0 Å². The first-order valence-electron chi connectivity index (χ1n) is 11.4. The number of nitrogens with two attached hydrogens (primary N) is 2. The van der Waals surface area contributed by atoms with Crippen molar-refractivity contribution in [2.75, 3.05) is 32.8 Å². The fourth-order valence-electron chi connectivity index (χ4n) is 2.74. The number of unbranched alkanes of at least 4 members (excludes halogenated alkanes) is 1. The van der Waals surface area contributed by atoms with Crippen molar-refractivity contribution in [1.29, 1.82) is 0 Å². The van der Waals surface area contributed by atoms with Crippen molar-refractivity contribution in [2.45, 2.75) is 49.9 Å². The summed E-state index contributed by atoms with van der Waals surface area (Å²) in [6, 6.07) is -5.78. The predicted octanol–water partition coefficient (Wildman–Crippen LogP) is -6.33. The molecule has 0 aliphatic rings. The van der Waals surface area contributed by atoms with E-state index < -0.39 is 98.4 Å². The number of carbonyl (C=O) groups is 7. The number of carboxylic acids is 2. The number of nitrogens with one attached hydrogen (secondary N) is 5. The van der Waals surface area contributed by atoms with Crippen LogP contribution in [-0.4, -0.2) is 119 Å². The largest absolute Gasteiger partial charge is 0.481 e. The van der Waals surface area contributed by atoms with E-state index in [4.69, 9.17) is 31.9 Å². The zero-order valence-corrected chi connectivity index (χ0v) is 20.5. The topological polar surface area (TPSA) is 313 Å². The third-order valence-electron chi connectivity index (χ3n) is 4.81. The Morgan fingerprint density at radius 3 is 1.82 bits per heavy atom. The van der Waals surface area contributed by atoms with E-state index in [0.29, 0.717) is 19.4 Å². The Bertz CT molecular complexity index is 855. The lowest BCUT2D eigenvalue weighted by molar-refractivity contribution is -0.143. The number of carbonyl (C=O) groups excluding carboxylic acids is 5. The molecule has 38 heavy (non-hydrogen) atoms. The Morgan fingerprint density at radius 1 is 0.684 bits per heavy atom. The van der Waals surface area contributed by atoms with Crippen LogP contribution >= 0.6 is 0 Å². The minimum Gasteiger partial charge on any atom is -0.481 e. The SMILES string of the molecule is NCCCC[C@H](NC(=O)CNC(=O)CNC(=O)[C@H](CC(=O)O)NC(=O)[C@@H](N)CO)C(=O)N[C@@H](CO)C(=O)O. The van der Waals surface area contributed by atoms with Gasteiger partial charge in [-0.2, -0.15) is 0 Å². The number of aliphatic carboxylic acids is 2. The molecule has 0 rings (SSSR count). The Morgan fingerprint density at radius 2 is 1.29 bits per heavy atom. The lowest BCUT2D eigenvalue weighted by Crippen LogP contribution is -2.55. The summed E-state index contributed by atoms with van der Waals surface area (Å²) in [7, 11) is 0. The lowest BCUT2D eigenvalue weighted by atomic mass is 10.1. The van der Waals surface area contributed by atoms with Crippen LogP contribution in [0.5, 0.6) is 0 Å². The van der Waals surface area contributed by atoms with Gasteiger partial charge in [0, 0.05) is 0 Å². The molecule has 0 aromatic heterocycles. The second kappa shape index (κ2) is 18.4. The molecule has 0 fully saturated rings. The highest BCUT2D eigenvalue weighted by molar-refractivity contribution is 5.95. The normalized spacial score (nSPS) is 13.7. The molecule has 0 aromatic rings. The van der Waals surface area contributed by atoms with Crippen LogP contribution in [0.2, 0.25) is 0 Å². The van der Waals surface area contributed by atoms with Gasteiger partial charge >= 0.3 is 11.9 Å². The smallest absolute Gasteiger partial charge is 0.328 e. The van der Waals surface area contributed by atoms with Crippen LogP contribution in [0.25, 0.3) is 0 Å². The Labute approximate surface area is 216 Å². The first kappa shape index (κ1) is 34.1. The van der Waals surface area contributed by atoms with E-state index in [2.05, 4.69) is 21.3 Å². The quantitative estimate of drug-likeness (QED) is 0.0669. The summed E-state index contributed by atoms with van der Waals surface area (Å²) in [6.07, 6.45) is 0.161. The third kappa shape index (κ3) is 14.0. The Kier molecular flexibility index (Phi) is 16.5. The van der Waals surface area contributed by atoms with Gasteiger partial charge in [-0.15, -0.1) is 0 Å². The summed E-state index contributed by atoms with van der Waals surface area (Å²) in [4.78, 5) is 82.6. The number of hydrogen-bond acceptors (Lipinski definition) is 11. The van der Waals surface area contributed by atoms with Gasteiger partial charge in [0.25, 0.3) is 0 Å². The minimum atomic E-state index is -1.60. The zero-order valence-electron chi connectivity index (χ0n) is 20.5. The average molecular weight is 550 g/mol. The highest BCUT2D eigenvalue weighted by Gasteiger charge is 2.27. The van der Waals surface area contributed by atoms with Crippen LogP contribution < -0.4 is 38.1 Å². The van der Waals surface area contributed by atoms with Crippen LogP contribution in [0, 0.1) is 0 Å². The van der Waals surface area contributed by atoms with Gasteiger partial charge < -0.3 is 58.5 Å². The highest BCUT2D eigenvalue weighted by atomic mass is 16.4. The number of amides is 5. The first-order chi connectivity index (χ1) is 17.9. The fraction of sp³-hybridized carbons (Fsp3) is 0.650. The Balaban J connectivity index is 4.90. The molecule has 0 saturated carbocycles. The van der Waals surface area contributed by atoms with Crippen molar-refractivity contribution < 1.29 is 54.0 Å². The number of carboxylic acid groups (broad SMARTS) is 2. The molecule has 0 aromatic carbocycles. The average Bonchev–Trinajstić information content (AvgIpc) is 2.86. The molecule has 0 unspecified atom stereocenters. The van der Waals surface area contributed by atoms with Crippen molar-refractivity contribution >= 4 is 41.5 Å². The molecule has 0 saturated heterocycles. The summed E-state index contributed by atoms with van der Waals surface area (Å²) < 4.78 is 0. The van der Waals surface area contributed by atoms with Crippen molar-refractivity contribution in [1.82, 2.24) is 26.6 Å². The van der Waals surface area contributed by atoms with Crippen molar-refractivity contribution in [3.63, 3.8) is 0 Å². The summed E-state index contributed by atoms with van der Waals surface area (Å²) >= 11 is 0. The van der Waals surface area contributed by atoms with Gasteiger partial charge in [0.05, 0.1) is 32.7 Å². The number of hydrogen-bond donors (Lipinski definition) is 11. The van der Waals surface area contributed by atoms with Gasteiger partial charge in [-0.25, -0.2) is 4.79 Å². The number of aliphatic hydroxyl groups excluding tert-OH is 2. The maximum atomic E-state index is 12.4. The van der Waals surface area contributed by atoms with Crippen molar-refractivity contribution in [3.05, 3.63) is 0 Å². The zero-order chi connectivity index (χ0) is 29.3. The molecule has 5 amide bonds. The van der Waals surface area contributed by atoms with E-state index in [-0.39, 0.29) is 6.42 Å².